The summed E-state index contributed by atoms with van der Waals surface area (Å²) in [4.78, 5) is 13.4. The van der Waals surface area contributed by atoms with Gasteiger partial charge in [-0.2, -0.15) is 5.26 Å². The number of anilines is 1. The molecule has 4 nitrogen and oxygen atoms in total. The smallest absolute Gasteiger partial charge is 0.256 e. The van der Waals surface area contributed by atoms with Gasteiger partial charge in [0.15, 0.2) is 0 Å². The van der Waals surface area contributed by atoms with Crippen LogP contribution in [-0.4, -0.2) is 5.91 Å². The lowest BCUT2D eigenvalue weighted by atomic mass is 10.1. The molecule has 1 aromatic heterocycles. The Morgan fingerprint density at radius 1 is 1.04 bits per heavy atom. The molecule has 3 aromatic rings. The molecule has 2 aromatic carbocycles. The minimum absolute atomic E-state index is 0.246. The third-order valence-electron chi connectivity index (χ3n) is 3.82. The van der Waals surface area contributed by atoms with Gasteiger partial charge in [-0.25, -0.2) is 0 Å². The predicted molar refractivity (Wildman–Crippen MR) is 99.4 cm³/mol. The fourth-order valence-corrected chi connectivity index (χ4v) is 3.33. The molecule has 0 aliphatic rings. The lowest BCUT2D eigenvalue weighted by Crippen LogP contribution is -2.11. The molecule has 0 fully saturated rings. The summed E-state index contributed by atoms with van der Waals surface area (Å²) in [6.07, 6.45) is 0. The SMILES string of the molecule is Cc1sc(NC(=O)c2ccc(Oc3ccccc3)cc2)c(C#N)c1C. The van der Waals surface area contributed by atoms with Crippen molar-refractivity contribution in [2.75, 3.05) is 5.32 Å². The van der Waals surface area contributed by atoms with Crippen LogP contribution in [0.5, 0.6) is 11.5 Å². The summed E-state index contributed by atoms with van der Waals surface area (Å²) in [6.45, 7) is 3.82. The van der Waals surface area contributed by atoms with Crippen molar-refractivity contribution in [3.63, 3.8) is 0 Å². The molecule has 0 spiro atoms. The molecule has 0 radical (unpaired) electrons. The number of ether oxygens (including phenoxy) is 1. The zero-order chi connectivity index (χ0) is 17.8. The number of para-hydroxylation sites is 1. The normalized spacial score (nSPS) is 10.1. The van der Waals surface area contributed by atoms with Gasteiger partial charge in [-0.05, 0) is 55.8 Å². The summed E-state index contributed by atoms with van der Waals surface area (Å²) >= 11 is 1.41. The molecule has 0 aliphatic heterocycles. The molecule has 0 saturated carbocycles. The highest BCUT2D eigenvalue weighted by Crippen LogP contribution is 2.32. The molecule has 1 N–H and O–H groups in total. The highest BCUT2D eigenvalue weighted by molar-refractivity contribution is 7.16. The van der Waals surface area contributed by atoms with Gasteiger partial charge in [0.05, 0.1) is 5.56 Å². The molecule has 124 valence electrons. The van der Waals surface area contributed by atoms with Crippen LogP contribution in [0.4, 0.5) is 5.00 Å². The van der Waals surface area contributed by atoms with E-state index < -0.39 is 0 Å². The largest absolute Gasteiger partial charge is 0.457 e. The number of nitriles is 1. The number of aryl methyl sites for hydroxylation is 1. The predicted octanol–water partition coefficient (Wildman–Crippen LogP) is 5.28. The number of amides is 1. The highest BCUT2D eigenvalue weighted by Gasteiger charge is 2.15. The van der Waals surface area contributed by atoms with Crippen molar-refractivity contribution in [2.45, 2.75) is 13.8 Å². The minimum atomic E-state index is -0.246. The molecular formula is C20H16N2O2S. The Hall–Kier alpha value is -3.10. The van der Waals surface area contributed by atoms with E-state index in [1.165, 1.54) is 11.3 Å². The summed E-state index contributed by atoms with van der Waals surface area (Å²) in [5.74, 6) is 1.15. The van der Waals surface area contributed by atoms with E-state index in [2.05, 4.69) is 11.4 Å². The second-order valence-electron chi connectivity index (χ2n) is 5.49. The van der Waals surface area contributed by atoms with E-state index in [-0.39, 0.29) is 5.91 Å². The van der Waals surface area contributed by atoms with Gasteiger partial charge >= 0.3 is 0 Å². The first kappa shape index (κ1) is 16.7. The number of carbonyl (C=O) groups excluding carboxylic acids is 1. The molecule has 25 heavy (non-hydrogen) atoms. The summed E-state index contributed by atoms with van der Waals surface area (Å²) in [5, 5.41) is 12.7. The van der Waals surface area contributed by atoms with E-state index in [1.807, 2.05) is 44.2 Å². The Morgan fingerprint density at radius 2 is 1.68 bits per heavy atom. The maximum Gasteiger partial charge on any atom is 0.256 e. The van der Waals surface area contributed by atoms with Crippen molar-refractivity contribution in [1.29, 1.82) is 5.26 Å². The summed E-state index contributed by atoms with van der Waals surface area (Å²) < 4.78 is 5.71. The first-order valence-corrected chi connectivity index (χ1v) is 8.54. The standard InChI is InChI=1S/C20H16N2O2S/c1-13-14(2)25-20(18(13)12-21)22-19(23)15-8-10-17(11-9-15)24-16-6-4-3-5-7-16/h3-11H,1-2H3,(H,22,23). The average molecular weight is 348 g/mol. The van der Waals surface area contributed by atoms with E-state index in [9.17, 15) is 10.1 Å². The van der Waals surface area contributed by atoms with E-state index >= 15 is 0 Å². The van der Waals surface area contributed by atoms with Gasteiger partial charge in [0.1, 0.15) is 22.6 Å². The molecule has 1 heterocycles. The van der Waals surface area contributed by atoms with Gasteiger partial charge in [-0.1, -0.05) is 18.2 Å². The highest BCUT2D eigenvalue weighted by atomic mass is 32.1. The van der Waals surface area contributed by atoms with Crippen LogP contribution in [0.25, 0.3) is 0 Å². The Morgan fingerprint density at radius 3 is 2.32 bits per heavy atom. The van der Waals surface area contributed by atoms with Crippen LogP contribution in [0.15, 0.2) is 54.6 Å². The summed E-state index contributed by atoms with van der Waals surface area (Å²) in [7, 11) is 0. The number of carbonyl (C=O) groups is 1. The fourth-order valence-electron chi connectivity index (χ4n) is 2.32. The molecule has 1 amide bonds. The number of rotatable bonds is 4. The van der Waals surface area contributed by atoms with E-state index in [0.29, 0.717) is 21.9 Å². The van der Waals surface area contributed by atoms with E-state index in [0.717, 1.165) is 16.2 Å². The number of nitrogens with one attached hydrogen (secondary N) is 1. The van der Waals surface area contributed by atoms with Crippen LogP contribution in [0.3, 0.4) is 0 Å². The van der Waals surface area contributed by atoms with Crippen LogP contribution in [0, 0.1) is 25.2 Å². The van der Waals surface area contributed by atoms with Crippen molar-refractivity contribution in [3.05, 3.63) is 76.2 Å². The van der Waals surface area contributed by atoms with E-state index in [4.69, 9.17) is 4.74 Å². The van der Waals surface area contributed by atoms with Gasteiger partial charge in [-0.3, -0.25) is 4.79 Å². The Bertz CT molecular complexity index is 938. The second-order valence-corrected chi connectivity index (χ2v) is 6.72. The van der Waals surface area contributed by atoms with E-state index in [1.54, 1.807) is 24.3 Å². The molecule has 0 aliphatic carbocycles. The van der Waals surface area contributed by atoms with Crippen LogP contribution < -0.4 is 10.1 Å². The number of nitrogens with zero attached hydrogens (tertiary/aromatic N) is 1. The van der Waals surface area contributed by atoms with Crippen molar-refractivity contribution >= 4 is 22.2 Å². The molecule has 0 saturated heterocycles. The number of hydrogen-bond acceptors (Lipinski definition) is 4. The maximum absolute atomic E-state index is 12.4. The fraction of sp³-hybridized carbons (Fsp3) is 0.100. The Labute approximate surface area is 150 Å². The number of hydrogen-bond donors (Lipinski definition) is 1. The molecule has 3 rings (SSSR count). The van der Waals surface area contributed by atoms with Gasteiger partial charge in [0.25, 0.3) is 5.91 Å². The average Bonchev–Trinajstić information content (AvgIpc) is 2.89. The Balaban J connectivity index is 1.73. The molecular weight excluding hydrogens is 332 g/mol. The first-order chi connectivity index (χ1) is 12.1. The van der Waals surface area contributed by atoms with Crippen LogP contribution >= 0.6 is 11.3 Å². The Kier molecular flexibility index (Phi) is 4.82. The summed E-state index contributed by atoms with van der Waals surface area (Å²) in [6, 6.07) is 18.5. The van der Waals surface area contributed by atoms with Gasteiger partial charge < -0.3 is 10.1 Å². The third kappa shape index (κ3) is 3.70. The lowest BCUT2D eigenvalue weighted by molar-refractivity contribution is 0.102. The maximum atomic E-state index is 12.4. The summed E-state index contributed by atoms with van der Waals surface area (Å²) in [5.41, 5.74) is 1.95. The lowest BCUT2D eigenvalue weighted by Gasteiger charge is -2.07. The molecule has 5 heteroatoms. The zero-order valence-corrected chi connectivity index (χ0v) is 14.7. The van der Waals surface area contributed by atoms with Gasteiger partial charge in [0, 0.05) is 10.4 Å². The van der Waals surface area contributed by atoms with Crippen LogP contribution in [0.2, 0.25) is 0 Å². The van der Waals surface area contributed by atoms with Gasteiger partial charge in [0.2, 0.25) is 0 Å². The van der Waals surface area contributed by atoms with Gasteiger partial charge in [-0.15, -0.1) is 11.3 Å². The quantitative estimate of drug-likeness (QED) is 0.697. The third-order valence-corrected chi connectivity index (χ3v) is 4.94. The van der Waals surface area contributed by atoms with Crippen LogP contribution in [-0.2, 0) is 0 Å². The van der Waals surface area contributed by atoms with Crippen molar-refractivity contribution in [1.82, 2.24) is 0 Å². The van der Waals surface area contributed by atoms with Crippen LogP contribution in [0.1, 0.15) is 26.4 Å². The molecule has 0 atom stereocenters. The zero-order valence-electron chi connectivity index (χ0n) is 13.9. The number of thiophene rings is 1. The minimum Gasteiger partial charge on any atom is -0.457 e. The first-order valence-electron chi connectivity index (χ1n) is 7.73. The second kappa shape index (κ2) is 7.20. The van der Waals surface area contributed by atoms with Crippen molar-refractivity contribution in [2.24, 2.45) is 0 Å². The van der Waals surface area contributed by atoms with Crippen molar-refractivity contribution in [3.8, 4) is 17.6 Å². The monoisotopic (exact) mass is 348 g/mol. The number of benzene rings is 2. The topological polar surface area (TPSA) is 62.1 Å². The molecule has 0 unspecified atom stereocenters. The molecule has 0 bridgehead atoms. The van der Waals surface area contributed by atoms with Crippen molar-refractivity contribution < 1.29 is 9.53 Å².